The predicted octanol–water partition coefficient (Wildman–Crippen LogP) is 4.25. The summed E-state index contributed by atoms with van der Waals surface area (Å²) in [7, 11) is 0. The molecule has 2 aromatic rings. The first-order valence-corrected chi connectivity index (χ1v) is 8.72. The van der Waals surface area contributed by atoms with E-state index in [1.165, 1.54) is 37.7 Å². The first-order chi connectivity index (χ1) is 11.3. The average Bonchev–Trinajstić information content (AvgIpc) is 2.62. The minimum absolute atomic E-state index is 0.565. The van der Waals surface area contributed by atoms with Crippen LogP contribution in [0.25, 0.3) is 0 Å². The number of anilines is 2. The van der Waals surface area contributed by atoms with Crippen molar-refractivity contribution < 1.29 is 0 Å². The van der Waals surface area contributed by atoms with Gasteiger partial charge in [-0.1, -0.05) is 49.6 Å². The molecule has 0 aliphatic heterocycles. The van der Waals surface area contributed by atoms with Gasteiger partial charge in [0.05, 0.1) is 0 Å². The van der Waals surface area contributed by atoms with Gasteiger partial charge in [-0.3, -0.25) is 0 Å². The molecule has 0 saturated heterocycles. The lowest BCUT2D eigenvalue weighted by Crippen LogP contribution is -2.25. The highest BCUT2D eigenvalue weighted by atomic mass is 15.2. The quantitative estimate of drug-likeness (QED) is 0.866. The summed E-state index contributed by atoms with van der Waals surface area (Å²) < 4.78 is 0. The number of hydrogen-bond acceptors (Lipinski definition) is 4. The van der Waals surface area contributed by atoms with E-state index in [9.17, 15) is 0 Å². The summed E-state index contributed by atoms with van der Waals surface area (Å²) in [5.41, 5.74) is 1.30. The number of rotatable bonds is 6. The molecule has 3 rings (SSSR count). The highest BCUT2D eigenvalue weighted by molar-refractivity contribution is 5.49. The molecule has 1 saturated carbocycles. The molecule has 0 radical (unpaired) electrons. The lowest BCUT2D eigenvalue weighted by molar-refractivity contribution is 0.462. The van der Waals surface area contributed by atoms with Crippen molar-refractivity contribution in [1.82, 2.24) is 9.97 Å². The Kier molecular flexibility index (Phi) is 5.46. The lowest BCUT2D eigenvalue weighted by Gasteiger charge is -2.25. The third kappa shape index (κ3) is 4.44. The third-order valence-electron chi connectivity index (χ3n) is 4.53. The number of nitrogens with zero attached hydrogens (tertiary/aromatic N) is 3. The topological polar surface area (TPSA) is 41.0 Å². The molecule has 0 unspecified atom stereocenters. The molecule has 0 spiro atoms. The van der Waals surface area contributed by atoms with Gasteiger partial charge in [0.25, 0.3) is 0 Å². The Hall–Kier alpha value is -2.10. The van der Waals surface area contributed by atoms with Crippen molar-refractivity contribution in [1.29, 1.82) is 0 Å². The molecule has 4 heteroatoms. The fourth-order valence-corrected chi connectivity index (χ4v) is 3.21. The second kappa shape index (κ2) is 7.95. The van der Waals surface area contributed by atoms with Gasteiger partial charge in [0, 0.05) is 25.2 Å². The highest BCUT2D eigenvalue weighted by Gasteiger charge is 2.14. The van der Waals surface area contributed by atoms with Crippen LogP contribution in [-0.2, 0) is 6.54 Å². The van der Waals surface area contributed by atoms with Crippen LogP contribution < -0.4 is 10.2 Å². The van der Waals surface area contributed by atoms with Crippen LogP contribution in [0.5, 0.6) is 0 Å². The Morgan fingerprint density at radius 2 is 1.87 bits per heavy atom. The van der Waals surface area contributed by atoms with Crippen LogP contribution in [0.1, 0.15) is 44.6 Å². The van der Waals surface area contributed by atoms with Gasteiger partial charge >= 0.3 is 0 Å². The molecule has 23 heavy (non-hydrogen) atoms. The molecule has 0 atom stereocenters. The van der Waals surface area contributed by atoms with Gasteiger partial charge in [-0.05, 0) is 25.3 Å². The Balaban J connectivity index is 1.69. The van der Waals surface area contributed by atoms with Crippen LogP contribution in [-0.4, -0.2) is 22.6 Å². The molecule has 0 amide bonds. The Bertz CT molecular complexity index is 593. The summed E-state index contributed by atoms with van der Waals surface area (Å²) in [4.78, 5) is 11.2. The largest absolute Gasteiger partial charge is 0.367 e. The van der Waals surface area contributed by atoms with E-state index < -0.39 is 0 Å². The van der Waals surface area contributed by atoms with Gasteiger partial charge in [0.2, 0.25) is 0 Å². The maximum Gasteiger partial charge on any atom is 0.134 e. The van der Waals surface area contributed by atoms with Crippen LogP contribution in [0.2, 0.25) is 0 Å². The van der Waals surface area contributed by atoms with Crippen molar-refractivity contribution >= 4 is 11.6 Å². The smallest absolute Gasteiger partial charge is 0.134 e. The molecule has 1 aromatic carbocycles. The fourth-order valence-electron chi connectivity index (χ4n) is 3.21. The van der Waals surface area contributed by atoms with E-state index in [-0.39, 0.29) is 0 Å². The summed E-state index contributed by atoms with van der Waals surface area (Å²) in [5.74, 6) is 1.94. The first-order valence-electron chi connectivity index (χ1n) is 8.72. The standard InChI is InChI=1S/C19H26N4/c1-2-23(14-16-9-5-3-6-10-16)19-13-18(20-15-21-19)22-17-11-7-4-8-12-17/h3,5-6,9-10,13,15,17H,2,4,7-8,11-12,14H2,1H3,(H,20,21,22). The third-order valence-corrected chi connectivity index (χ3v) is 4.53. The molecule has 1 aliphatic carbocycles. The second-order valence-electron chi connectivity index (χ2n) is 6.24. The van der Waals surface area contributed by atoms with Crippen molar-refractivity contribution in [3.05, 3.63) is 48.3 Å². The maximum atomic E-state index is 4.47. The zero-order valence-electron chi connectivity index (χ0n) is 13.9. The van der Waals surface area contributed by atoms with E-state index in [1.807, 2.05) is 0 Å². The molecule has 122 valence electrons. The summed E-state index contributed by atoms with van der Waals surface area (Å²) >= 11 is 0. The van der Waals surface area contributed by atoms with E-state index in [0.29, 0.717) is 6.04 Å². The number of hydrogen-bond donors (Lipinski definition) is 1. The maximum absolute atomic E-state index is 4.47. The summed E-state index contributed by atoms with van der Waals surface area (Å²) in [5, 5.41) is 3.59. The fraction of sp³-hybridized carbons (Fsp3) is 0.474. The molecule has 4 nitrogen and oxygen atoms in total. The first kappa shape index (κ1) is 15.8. The van der Waals surface area contributed by atoms with E-state index in [1.54, 1.807) is 6.33 Å². The highest BCUT2D eigenvalue weighted by Crippen LogP contribution is 2.22. The Morgan fingerprint density at radius 1 is 1.09 bits per heavy atom. The van der Waals surface area contributed by atoms with E-state index in [4.69, 9.17) is 0 Å². The van der Waals surface area contributed by atoms with Gasteiger partial charge in [-0.2, -0.15) is 0 Å². The van der Waals surface area contributed by atoms with Crippen molar-refractivity contribution in [2.24, 2.45) is 0 Å². The summed E-state index contributed by atoms with van der Waals surface area (Å²) in [6.45, 7) is 3.96. The van der Waals surface area contributed by atoms with E-state index in [2.05, 4.69) is 63.5 Å². The van der Waals surface area contributed by atoms with Gasteiger partial charge < -0.3 is 10.2 Å². The molecular weight excluding hydrogens is 284 g/mol. The molecule has 1 aliphatic rings. The molecule has 1 fully saturated rings. The monoisotopic (exact) mass is 310 g/mol. The Labute approximate surface area is 139 Å². The lowest BCUT2D eigenvalue weighted by atomic mass is 9.95. The summed E-state index contributed by atoms with van der Waals surface area (Å²) in [6, 6.07) is 13.2. The van der Waals surface area contributed by atoms with Crippen LogP contribution in [0.15, 0.2) is 42.7 Å². The second-order valence-corrected chi connectivity index (χ2v) is 6.24. The SMILES string of the molecule is CCN(Cc1ccccc1)c1cc(NC2CCCCC2)ncn1. The Morgan fingerprint density at radius 3 is 2.61 bits per heavy atom. The van der Waals surface area contributed by atoms with Gasteiger partial charge in [0.15, 0.2) is 0 Å². The number of nitrogens with one attached hydrogen (secondary N) is 1. The minimum Gasteiger partial charge on any atom is -0.367 e. The molecule has 1 N–H and O–H groups in total. The van der Waals surface area contributed by atoms with Crippen LogP contribution in [0.4, 0.5) is 11.6 Å². The number of aromatic nitrogens is 2. The van der Waals surface area contributed by atoms with Crippen molar-refractivity contribution in [3.8, 4) is 0 Å². The van der Waals surface area contributed by atoms with Crippen molar-refractivity contribution in [3.63, 3.8) is 0 Å². The van der Waals surface area contributed by atoms with Gasteiger partial charge in [-0.25, -0.2) is 9.97 Å². The summed E-state index contributed by atoms with van der Waals surface area (Å²) in [6.07, 6.45) is 8.19. The van der Waals surface area contributed by atoms with Crippen molar-refractivity contribution in [2.75, 3.05) is 16.8 Å². The minimum atomic E-state index is 0.565. The molecule has 1 aromatic heterocycles. The van der Waals surface area contributed by atoms with Gasteiger partial charge in [-0.15, -0.1) is 0 Å². The molecular formula is C19H26N4. The van der Waals surface area contributed by atoms with Crippen LogP contribution in [0.3, 0.4) is 0 Å². The zero-order chi connectivity index (χ0) is 15.9. The molecule has 0 bridgehead atoms. The van der Waals surface area contributed by atoms with Crippen molar-refractivity contribution in [2.45, 2.75) is 51.6 Å². The zero-order valence-corrected chi connectivity index (χ0v) is 13.9. The van der Waals surface area contributed by atoms with E-state index >= 15 is 0 Å². The molecule has 1 heterocycles. The normalized spacial score (nSPS) is 15.3. The number of benzene rings is 1. The average molecular weight is 310 g/mol. The van der Waals surface area contributed by atoms with Crippen LogP contribution >= 0.6 is 0 Å². The van der Waals surface area contributed by atoms with E-state index in [0.717, 1.165) is 24.7 Å². The predicted molar refractivity (Wildman–Crippen MR) is 95.7 cm³/mol. The van der Waals surface area contributed by atoms with Gasteiger partial charge in [0.1, 0.15) is 18.0 Å². The van der Waals surface area contributed by atoms with Crippen LogP contribution in [0, 0.1) is 0 Å².